The normalized spacial score (nSPS) is 11.6. The fraction of sp³-hybridized carbons (Fsp3) is 0.455. The molecule has 0 amide bonds. The third-order valence-corrected chi connectivity index (χ3v) is 3.87. The molecule has 4 nitrogen and oxygen atoms in total. The molecule has 2 aromatic heterocycles. The van der Waals surface area contributed by atoms with E-state index in [1.807, 2.05) is 26.2 Å². The van der Waals surface area contributed by atoms with E-state index in [0.29, 0.717) is 5.39 Å². The standard InChI is InChI=1S/C11H14N2O2S/c1-6(2)13-9(14)8-7(3)5-16-10(8)12(4)11(13)15/h5-6H,1-4H3. The lowest BCUT2D eigenvalue weighted by atomic mass is 10.2. The lowest BCUT2D eigenvalue weighted by Gasteiger charge is -2.11. The molecule has 0 saturated heterocycles. The molecule has 0 saturated carbocycles. The Morgan fingerprint density at radius 3 is 2.50 bits per heavy atom. The van der Waals surface area contributed by atoms with Crippen molar-refractivity contribution in [1.82, 2.24) is 9.13 Å². The predicted octanol–water partition coefficient (Wildman–Crippen LogP) is 1.65. The van der Waals surface area contributed by atoms with E-state index < -0.39 is 0 Å². The van der Waals surface area contributed by atoms with Crippen molar-refractivity contribution in [3.8, 4) is 0 Å². The van der Waals surface area contributed by atoms with E-state index in [-0.39, 0.29) is 17.3 Å². The van der Waals surface area contributed by atoms with Gasteiger partial charge >= 0.3 is 5.69 Å². The number of aromatic nitrogens is 2. The van der Waals surface area contributed by atoms with Crippen LogP contribution >= 0.6 is 11.3 Å². The summed E-state index contributed by atoms with van der Waals surface area (Å²) >= 11 is 1.44. The highest BCUT2D eigenvalue weighted by Crippen LogP contribution is 2.20. The second-order valence-electron chi connectivity index (χ2n) is 4.21. The third-order valence-electron chi connectivity index (χ3n) is 2.70. The Kier molecular flexibility index (Phi) is 2.50. The van der Waals surface area contributed by atoms with Crippen molar-refractivity contribution in [3.05, 3.63) is 31.8 Å². The van der Waals surface area contributed by atoms with Crippen LogP contribution in [0.3, 0.4) is 0 Å². The molecular formula is C11H14N2O2S. The van der Waals surface area contributed by atoms with Gasteiger partial charge in [-0.3, -0.25) is 13.9 Å². The zero-order valence-corrected chi connectivity index (χ0v) is 10.6. The number of aryl methyl sites for hydroxylation is 2. The molecule has 86 valence electrons. The number of hydrogen-bond donors (Lipinski definition) is 0. The molecule has 0 N–H and O–H groups in total. The summed E-state index contributed by atoms with van der Waals surface area (Å²) in [6.07, 6.45) is 0. The van der Waals surface area contributed by atoms with Crippen LogP contribution < -0.4 is 11.2 Å². The first kappa shape index (κ1) is 11.1. The van der Waals surface area contributed by atoms with Gasteiger partial charge < -0.3 is 0 Å². The Bertz CT molecular complexity index is 661. The SMILES string of the molecule is Cc1csc2c1c(=O)n(C(C)C)c(=O)n2C. The van der Waals surface area contributed by atoms with Crippen LogP contribution in [0.5, 0.6) is 0 Å². The molecule has 0 spiro atoms. The topological polar surface area (TPSA) is 44.0 Å². The van der Waals surface area contributed by atoms with Gasteiger partial charge in [-0.15, -0.1) is 11.3 Å². The highest BCUT2D eigenvalue weighted by atomic mass is 32.1. The molecule has 0 atom stereocenters. The quantitative estimate of drug-likeness (QED) is 0.758. The van der Waals surface area contributed by atoms with Crippen molar-refractivity contribution in [2.45, 2.75) is 26.8 Å². The van der Waals surface area contributed by atoms with Crippen LogP contribution in [-0.4, -0.2) is 9.13 Å². The maximum Gasteiger partial charge on any atom is 0.332 e. The smallest absolute Gasteiger partial charge is 0.287 e. The Morgan fingerprint density at radius 2 is 1.94 bits per heavy atom. The molecule has 0 aliphatic heterocycles. The number of fused-ring (bicyclic) bond motifs is 1. The van der Waals surface area contributed by atoms with Gasteiger partial charge in [0.05, 0.1) is 5.39 Å². The molecule has 2 heterocycles. The summed E-state index contributed by atoms with van der Waals surface area (Å²) in [5.74, 6) is 0. The van der Waals surface area contributed by atoms with E-state index in [1.54, 1.807) is 11.6 Å². The molecule has 2 aromatic rings. The minimum Gasteiger partial charge on any atom is -0.287 e. The lowest BCUT2D eigenvalue weighted by molar-refractivity contribution is 0.533. The van der Waals surface area contributed by atoms with Crippen molar-refractivity contribution in [2.24, 2.45) is 7.05 Å². The summed E-state index contributed by atoms with van der Waals surface area (Å²) in [4.78, 5) is 24.9. The second-order valence-corrected chi connectivity index (χ2v) is 5.07. The van der Waals surface area contributed by atoms with Gasteiger partial charge in [0.2, 0.25) is 0 Å². The van der Waals surface area contributed by atoms with Crippen LogP contribution in [0.25, 0.3) is 10.2 Å². The Labute approximate surface area is 96.8 Å². The molecule has 5 heteroatoms. The number of thiophene rings is 1. The first-order valence-electron chi connectivity index (χ1n) is 5.14. The van der Waals surface area contributed by atoms with Crippen molar-refractivity contribution in [3.63, 3.8) is 0 Å². The molecule has 0 unspecified atom stereocenters. The maximum atomic E-state index is 12.2. The van der Waals surface area contributed by atoms with Crippen LogP contribution in [0.15, 0.2) is 15.0 Å². The maximum absolute atomic E-state index is 12.2. The predicted molar refractivity (Wildman–Crippen MR) is 66.4 cm³/mol. The van der Waals surface area contributed by atoms with E-state index >= 15 is 0 Å². The largest absolute Gasteiger partial charge is 0.332 e. The minimum absolute atomic E-state index is 0.116. The zero-order chi connectivity index (χ0) is 12.0. The summed E-state index contributed by atoms with van der Waals surface area (Å²) in [6.45, 7) is 5.59. The van der Waals surface area contributed by atoms with Gasteiger partial charge in [0.15, 0.2) is 0 Å². The summed E-state index contributed by atoms with van der Waals surface area (Å²) in [5.41, 5.74) is 0.524. The molecule has 0 aromatic carbocycles. The Balaban J connectivity index is 3.10. The molecule has 0 aliphatic carbocycles. The number of nitrogens with zero attached hydrogens (tertiary/aromatic N) is 2. The van der Waals surface area contributed by atoms with Gasteiger partial charge in [-0.25, -0.2) is 4.79 Å². The van der Waals surface area contributed by atoms with Gasteiger partial charge in [0.25, 0.3) is 5.56 Å². The summed E-state index contributed by atoms with van der Waals surface area (Å²) in [5, 5.41) is 2.58. The Morgan fingerprint density at radius 1 is 1.31 bits per heavy atom. The molecule has 0 aliphatic rings. The van der Waals surface area contributed by atoms with E-state index in [9.17, 15) is 9.59 Å². The van der Waals surface area contributed by atoms with Gasteiger partial charge in [-0.05, 0) is 31.7 Å². The van der Waals surface area contributed by atoms with Crippen molar-refractivity contribution < 1.29 is 0 Å². The first-order valence-corrected chi connectivity index (χ1v) is 6.02. The average molecular weight is 238 g/mol. The second kappa shape index (κ2) is 3.59. The van der Waals surface area contributed by atoms with Crippen LogP contribution in [0.1, 0.15) is 25.5 Å². The van der Waals surface area contributed by atoms with Crippen LogP contribution in [0.2, 0.25) is 0 Å². The highest BCUT2D eigenvalue weighted by Gasteiger charge is 2.15. The molecule has 0 radical (unpaired) electrons. The number of hydrogen-bond acceptors (Lipinski definition) is 3. The molecule has 16 heavy (non-hydrogen) atoms. The van der Waals surface area contributed by atoms with Crippen LogP contribution in [0, 0.1) is 6.92 Å². The Hall–Kier alpha value is -1.36. The zero-order valence-electron chi connectivity index (χ0n) is 9.77. The lowest BCUT2D eigenvalue weighted by Crippen LogP contribution is -2.39. The van der Waals surface area contributed by atoms with Crippen molar-refractivity contribution in [1.29, 1.82) is 0 Å². The average Bonchev–Trinajstić information content (AvgIpc) is 2.57. The van der Waals surface area contributed by atoms with E-state index in [4.69, 9.17) is 0 Å². The fourth-order valence-electron chi connectivity index (χ4n) is 1.85. The van der Waals surface area contributed by atoms with E-state index in [1.165, 1.54) is 15.9 Å². The molecule has 0 fully saturated rings. The monoisotopic (exact) mass is 238 g/mol. The van der Waals surface area contributed by atoms with E-state index in [2.05, 4.69) is 0 Å². The summed E-state index contributed by atoms with van der Waals surface area (Å²) < 4.78 is 2.86. The summed E-state index contributed by atoms with van der Waals surface area (Å²) in [7, 11) is 1.71. The fourth-order valence-corrected chi connectivity index (χ4v) is 2.86. The molecular weight excluding hydrogens is 224 g/mol. The third kappa shape index (κ3) is 1.35. The van der Waals surface area contributed by atoms with Gasteiger partial charge in [-0.1, -0.05) is 0 Å². The van der Waals surface area contributed by atoms with Crippen molar-refractivity contribution >= 4 is 21.6 Å². The first-order chi connectivity index (χ1) is 7.45. The highest BCUT2D eigenvalue weighted by molar-refractivity contribution is 7.17. The summed E-state index contributed by atoms with van der Waals surface area (Å²) in [6, 6.07) is -0.116. The van der Waals surface area contributed by atoms with E-state index in [0.717, 1.165) is 10.4 Å². The van der Waals surface area contributed by atoms with Crippen LogP contribution in [-0.2, 0) is 7.05 Å². The molecule has 2 rings (SSSR count). The van der Waals surface area contributed by atoms with Gasteiger partial charge in [-0.2, -0.15) is 0 Å². The number of rotatable bonds is 1. The molecule has 0 bridgehead atoms. The van der Waals surface area contributed by atoms with Gasteiger partial charge in [0, 0.05) is 13.1 Å². The van der Waals surface area contributed by atoms with Crippen molar-refractivity contribution in [2.75, 3.05) is 0 Å². The van der Waals surface area contributed by atoms with Gasteiger partial charge in [0.1, 0.15) is 4.83 Å². The minimum atomic E-state index is -0.241. The van der Waals surface area contributed by atoms with Crippen LogP contribution in [0.4, 0.5) is 0 Å².